The number of morpholine rings is 1. The fraction of sp³-hybridized carbons (Fsp3) is 1.00. The van der Waals surface area contributed by atoms with Crippen LogP contribution < -0.4 is 5.32 Å². The molecule has 19 heavy (non-hydrogen) atoms. The van der Waals surface area contributed by atoms with Gasteiger partial charge < -0.3 is 10.1 Å². The molecule has 0 aromatic heterocycles. The predicted molar refractivity (Wildman–Crippen MR) is 80.3 cm³/mol. The van der Waals surface area contributed by atoms with Crippen LogP contribution in [-0.2, 0) is 4.74 Å². The molecule has 6 atom stereocenters. The Balaban J connectivity index is 1.95. The zero-order valence-electron chi connectivity index (χ0n) is 13.4. The molecule has 1 saturated carbocycles. The van der Waals surface area contributed by atoms with Crippen molar-refractivity contribution in [2.24, 2.45) is 17.8 Å². The zero-order valence-corrected chi connectivity index (χ0v) is 13.4. The molecular weight excluding hydrogens is 236 g/mol. The van der Waals surface area contributed by atoms with Crippen LogP contribution >= 0.6 is 0 Å². The molecule has 1 N–H and O–H groups in total. The minimum Gasteiger partial charge on any atom is -0.373 e. The lowest BCUT2D eigenvalue weighted by molar-refractivity contribution is -0.0764. The molecule has 2 rings (SSSR count). The van der Waals surface area contributed by atoms with Gasteiger partial charge in [0.1, 0.15) is 0 Å². The van der Waals surface area contributed by atoms with Crippen molar-refractivity contribution in [2.45, 2.75) is 58.8 Å². The summed E-state index contributed by atoms with van der Waals surface area (Å²) in [4.78, 5) is 2.63. The number of nitrogens with zero attached hydrogens (tertiary/aromatic N) is 1. The standard InChI is InChI=1S/C16H32N2O/c1-11-6-12(2)15(16(7-11)17-5)10-18-8-13(3)19-14(4)9-18/h11-17H,6-10H2,1-5H3/t11?,12?,13-,14+,15?,16?. The molecular formula is C16H32N2O. The van der Waals surface area contributed by atoms with Crippen LogP contribution in [-0.4, -0.2) is 49.8 Å². The molecule has 0 amide bonds. The maximum Gasteiger partial charge on any atom is 0.0678 e. The van der Waals surface area contributed by atoms with Crippen LogP contribution in [0.4, 0.5) is 0 Å². The smallest absolute Gasteiger partial charge is 0.0678 e. The van der Waals surface area contributed by atoms with E-state index in [9.17, 15) is 0 Å². The van der Waals surface area contributed by atoms with Crippen molar-refractivity contribution in [3.8, 4) is 0 Å². The number of hydrogen-bond donors (Lipinski definition) is 1. The summed E-state index contributed by atoms with van der Waals surface area (Å²) in [5, 5.41) is 3.57. The highest BCUT2D eigenvalue weighted by molar-refractivity contribution is 4.89. The molecule has 3 heteroatoms. The second kappa shape index (κ2) is 6.55. The van der Waals surface area contributed by atoms with Crippen LogP contribution in [0.5, 0.6) is 0 Å². The molecule has 1 aliphatic heterocycles. The molecule has 1 saturated heterocycles. The molecule has 0 bridgehead atoms. The van der Waals surface area contributed by atoms with Gasteiger partial charge in [0, 0.05) is 25.7 Å². The van der Waals surface area contributed by atoms with E-state index >= 15 is 0 Å². The number of hydrogen-bond acceptors (Lipinski definition) is 3. The Morgan fingerprint density at radius 1 is 1.05 bits per heavy atom. The van der Waals surface area contributed by atoms with Crippen molar-refractivity contribution >= 4 is 0 Å². The number of rotatable bonds is 3. The average molecular weight is 268 g/mol. The minimum atomic E-state index is 0.384. The Labute approximate surface area is 119 Å². The van der Waals surface area contributed by atoms with E-state index in [2.05, 4.69) is 45.0 Å². The second-order valence-corrected chi connectivity index (χ2v) is 7.09. The van der Waals surface area contributed by atoms with E-state index in [0.29, 0.717) is 18.2 Å². The van der Waals surface area contributed by atoms with Crippen molar-refractivity contribution in [3.05, 3.63) is 0 Å². The third-order valence-electron chi connectivity index (χ3n) is 5.01. The van der Waals surface area contributed by atoms with Gasteiger partial charge in [-0.3, -0.25) is 4.90 Å². The molecule has 0 aromatic rings. The van der Waals surface area contributed by atoms with E-state index < -0.39 is 0 Å². The van der Waals surface area contributed by atoms with Gasteiger partial charge >= 0.3 is 0 Å². The van der Waals surface area contributed by atoms with E-state index in [-0.39, 0.29) is 0 Å². The first-order valence-corrected chi connectivity index (χ1v) is 8.04. The van der Waals surface area contributed by atoms with Crippen molar-refractivity contribution in [1.82, 2.24) is 10.2 Å². The Morgan fingerprint density at radius 2 is 1.68 bits per heavy atom. The van der Waals surface area contributed by atoms with Gasteiger partial charge in [0.25, 0.3) is 0 Å². The average Bonchev–Trinajstić information content (AvgIpc) is 2.31. The monoisotopic (exact) mass is 268 g/mol. The summed E-state index contributed by atoms with van der Waals surface area (Å²) < 4.78 is 5.85. The number of nitrogens with one attached hydrogen (secondary N) is 1. The second-order valence-electron chi connectivity index (χ2n) is 7.09. The van der Waals surface area contributed by atoms with Crippen LogP contribution in [0, 0.1) is 17.8 Å². The Kier molecular flexibility index (Phi) is 5.27. The Morgan fingerprint density at radius 3 is 2.26 bits per heavy atom. The fourth-order valence-corrected chi connectivity index (χ4v) is 4.28. The summed E-state index contributed by atoms with van der Waals surface area (Å²) in [6, 6.07) is 0.687. The summed E-state index contributed by atoms with van der Waals surface area (Å²) in [6.07, 6.45) is 3.49. The normalized spacial score (nSPS) is 45.3. The molecule has 3 nitrogen and oxygen atoms in total. The first-order chi connectivity index (χ1) is 8.99. The topological polar surface area (TPSA) is 24.5 Å². The SMILES string of the molecule is CNC1CC(C)CC(C)C1CN1C[C@@H](C)O[C@@H](C)C1. The van der Waals surface area contributed by atoms with Crippen molar-refractivity contribution in [3.63, 3.8) is 0 Å². The van der Waals surface area contributed by atoms with Crippen LogP contribution in [0.25, 0.3) is 0 Å². The summed E-state index contributed by atoms with van der Waals surface area (Å²) in [5.74, 6) is 2.49. The minimum absolute atomic E-state index is 0.384. The highest BCUT2D eigenvalue weighted by atomic mass is 16.5. The molecule has 2 aliphatic rings. The third kappa shape index (κ3) is 3.93. The van der Waals surface area contributed by atoms with Gasteiger partial charge in [-0.25, -0.2) is 0 Å². The van der Waals surface area contributed by atoms with Gasteiger partial charge in [-0.15, -0.1) is 0 Å². The molecule has 4 unspecified atom stereocenters. The van der Waals surface area contributed by atoms with Crippen LogP contribution in [0.15, 0.2) is 0 Å². The van der Waals surface area contributed by atoms with E-state index in [1.165, 1.54) is 19.4 Å². The van der Waals surface area contributed by atoms with Crippen molar-refractivity contribution < 1.29 is 4.74 Å². The first kappa shape index (κ1) is 15.3. The lowest BCUT2D eigenvalue weighted by Crippen LogP contribution is -2.52. The molecule has 0 radical (unpaired) electrons. The summed E-state index contributed by atoms with van der Waals surface area (Å²) in [6.45, 7) is 12.7. The largest absolute Gasteiger partial charge is 0.373 e. The molecule has 1 aliphatic carbocycles. The Bertz CT molecular complexity index is 274. The summed E-state index contributed by atoms with van der Waals surface area (Å²) in [5.41, 5.74) is 0. The zero-order chi connectivity index (χ0) is 14.0. The third-order valence-corrected chi connectivity index (χ3v) is 5.01. The van der Waals surface area contributed by atoms with E-state index in [4.69, 9.17) is 4.74 Å². The maximum atomic E-state index is 5.85. The lowest BCUT2D eigenvalue weighted by atomic mass is 9.72. The lowest BCUT2D eigenvalue weighted by Gasteiger charge is -2.44. The fourth-order valence-electron chi connectivity index (χ4n) is 4.28. The van der Waals surface area contributed by atoms with Gasteiger partial charge in [-0.2, -0.15) is 0 Å². The van der Waals surface area contributed by atoms with Gasteiger partial charge in [-0.05, 0) is 51.5 Å². The van der Waals surface area contributed by atoms with E-state index in [1.54, 1.807) is 0 Å². The van der Waals surface area contributed by atoms with Crippen molar-refractivity contribution in [1.29, 1.82) is 0 Å². The van der Waals surface area contributed by atoms with Crippen LogP contribution in [0.3, 0.4) is 0 Å². The number of ether oxygens (including phenoxy) is 1. The van der Waals surface area contributed by atoms with E-state index in [1.807, 2.05) is 0 Å². The highest BCUT2D eigenvalue weighted by Gasteiger charge is 2.35. The van der Waals surface area contributed by atoms with E-state index in [0.717, 1.165) is 30.8 Å². The maximum absolute atomic E-state index is 5.85. The first-order valence-electron chi connectivity index (χ1n) is 8.04. The van der Waals surface area contributed by atoms with Gasteiger partial charge in [0.2, 0.25) is 0 Å². The summed E-state index contributed by atoms with van der Waals surface area (Å²) >= 11 is 0. The molecule has 0 aromatic carbocycles. The van der Waals surface area contributed by atoms with Crippen LogP contribution in [0.1, 0.15) is 40.5 Å². The predicted octanol–water partition coefficient (Wildman–Crippen LogP) is 2.37. The Hall–Kier alpha value is -0.120. The summed E-state index contributed by atoms with van der Waals surface area (Å²) in [7, 11) is 2.13. The van der Waals surface area contributed by atoms with Crippen molar-refractivity contribution in [2.75, 3.05) is 26.7 Å². The quantitative estimate of drug-likeness (QED) is 0.850. The molecule has 112 valence electrons. The van der Waals surface area contributed by atoms with Gasteiger partial charge in [0.05, 0.1) is 12.2 Å². The van der Waals surface area contributed by atoms with Gasteiger partial charge in [-0.1, -0.05) is 13.8 Å². The molecule has 0 spiro atoms. The van der Waals surface area contributed by atoms with Crippen LogP contribution in [0.2, 0.25) is 0 Å². The molecule has 1 heterocycles. The highest BCUT2D eigenvalue weighted by Crippen LogP contribution is 2.34. The van der Waals surface area contributed by atoms with Gasteiger partial charge in [0.15, 0.2) is 0 Å². The molecule has 2 fully saturated rings.